The summed E-state index contributed by atoms with van der Waals surface area (Å²) in [6.45, 7) is 3.76. The van der Waals surface area contributed by atoms with E-state index in [1.54, 1.807) is 24.3 Å². The molecule has 0 saturated heterocycles. The first-order chi connectivity index (χ1) is 11.5. The van der Waals surface area contributed by atoms with Gasteiger partial charge in [-0.05, 0) is 42.7 Å². The highest BCUT2D eigenvalue weighted by Gasteiger charge is 2.09. The van der Waals surface area contributed by atoms with Crippen LogP contribution in [0, 0.1) is 13.8 Å². The first-order valence-electron chi connectivity index (χ1n) is 7.59. The number of benzene rings is 2. The van der Waals surface area contributed by atoms with Crippen molar-refractivity contribution in [2.75, 3.05) is 0 Å². The van der Waals surface area contributed by atoms with E-state index in [1.165, 1.54) is 5.56 Å². The van der Waals surface area contributed by atoms with Gasteiger partial charge in [-0.1, -0.05) is 35.5 Å². The third-order valence-electron chi connectivity index (χ3n) is 3.90. The summed E-state index contributed by atoms with van der Waals surface area (Å²) in [6.07, 6.45) is 0.150. The van der Waals surface area contributed by atoms with Crippen LogP contribution in [0.5, 0.6) is 0 Å². The molecule has 24 heavy (non-hydrogen) atoms. The van der Waals surface area contributed by atoms with Crippen LogP contribution < -0.4 is 5.56 Å². The Bertz CT molecular complexity index is 963. The van der Waals surface area contributed by atoms with Crippen molar-refractivity contribution in [2.24, 2.45) is 0 Å². The van der Waals surface area contributed by atoms with Crippen LogP contribution in [0.1, 0.15) is 16.7 Å². The zero-order valence-electron chi connectivity index (χ0n) is 13.5. The molecule has 122 valence electrons. The van der Waals surface area contributed by atoms with Crippen LogP contribution in [0.4, 0.5) is 0 Å². The minimum Gasteiger partial charge on any atom is -0.442 e. The van der Waals surface area contributed by atoms with Gasteiger partial charge in [0.25, 0.3) is 5.56 Å². The quantitative estimate of drug-likeness (QED) is 0.688. The molecule has 1 aromatic heterocycles. The Hall–Kier alpha value is -3.02. The lowest BCUT2D eigenvalue weighted by atomic mass is 10.0. The van der Waals surface area contributed by atoms with E-state index in [4.69, 9.17) is 4.74 Å². The molecule has 0 aliphatic rings. The van der Waals surface area contributed by atoms with Crippen molar-refractivity contribution in [1.29, 1.82) is 0 Å². The van der Waals surface area contributed by atoms with Gasteiger partial charge in [0.05, 0.1) is 11.8 Å². The predicted molar refractivity (Wildman–Crippen MR) is 89.5 cm³/mol. The lowest BCUT2D eigenvalue weighted by Gasteiger charge is -2.08. The van der Waals surface area contributed by atoms with Gasteiger partial charge in [-0.2, -0.15) is 4.68 Å². The maximum Gasteiger partial charge on any atom is 0.312 e. The summed E-state index contributed by atoms with van der Waals surface area (Å²) in [5.74, 6) is -0.417. The summed E-state index contributed by atoms with van der Waals surface area (Å²) in [6, 6.07) is 12.7. The lowest BCUT2D eigenvalue weighted by Crippen LogP contribution is -2.26. The zero-order chi connectivity index (χ0) is 17.1. The Labute approximate surface area is 138 Å². The second-order valence-electron chi connectivity index (χ2n) is 5.65. The summed E-state index contributed by atoms with van der Waals surface area (Å²) in [4.78, 5) is 24.2. The van der Waals surface area contributed by atoms with E-state index in [0.29, 0.717) is 10.9 Å². The molecule has 6 heteroatoms. The number of aromatic nitrogens is 3. The highest BCUT2D eigenvalue weighted by atomic mass is 16.5. The Morgan fingerprint density at radius 1 is 1.12 bits per heavy atom. The summed E-state index contributed by atoms with van der Waals surface area (Å²) < 4.78 is 6.20. The van der Waals surface area contributed by atoms with E-state index in [-0.39, 0.29) is 18.7 Å². The molecule has 1 heterocycles. The van der Waals surface area contributed by atoms with E-state index in [9.17, 15) is 9.59 Å². The average Bonchev–Trinajstić information content (AvgIpc) is 2.58. The number of hydrogen-bond acceptors (Lipinski definition) is 5. The number of fused-ring (bicyclic) bond motifs is 1. The third kappa shape index (κ3) is 3.32. The van der Waals surface area contributed by atoms with Gasteiger partial charge in [0.15, 0.2) is 6.73 Å². The van der Waals surface area contributed by atoms with E-state index in [0.717, 1.165) is 15.8 Å². The second-order valence-corrected chi connectivity index (χ2v) is 5.65. The molecule has 0 N–H and O–H groups in total. The number of hydrogen-bond donors (Lipinski definition) is 0. The van der Waals surface area contributed by atoms with Gasteiger partial charge in [-0.25, -0.2) is 0 Å². The maximum absolute atomic E-state index is 12.3. The summed E-state index contributed by atoms with van der Waals surface area (Å²) in [5, 5.41) is 8.18. The van der Waals surface area contributed by atoms with Gasteiger partial charge in [0.2, 0.25) is 0 Å². The number of ether oxygens (including phenoxy) is 1. The monoisotopic (exact) mass is 323 g/mol. The molecular formula is C18H17N3O3. The van der Waals surface area contributed by atoms with Crippen molar-refractivity contribution >= 4 is 16.9 Å². The molecule has 6 nitrogen and oxygen atoms in total. The molecule has 0 saturated carbocycles. The number of aryl methyl sites for hydroxylation is 2. The first kappa shape index (κ1) is 15.9. The minimum atomic E-state index is -0.417. The molecule has 0 aliphatic heterocycles. The number of carbonyl (C=O) groups is 1. The topological polar surface area (TPSA) is 74.1 Å². The minimum absolute atomic E-state index is 0.150. The molecule has 0 spiro atoms. The van der Waals surface area contributed by atoms with Crippen molar-refractivity contribution in [3.63, 3.8) is 0 Å². The Kier molecular flexibility index (Phi) is 4.37. The number of esters is 1. The SMILES string of the molecule is Cc1ccc(CC(=O)OCn2nnc3ccccc3c2=O)cc1C. The smallest absolute Gasteiger partial charge is 0.312 e. The second kappa shape index (κ2) is 6.62. The molecule has 3 aromatic rings. The largest absolute Gasteiger partial charge is 0.442 e. The number of rotatable bonds is 4. The van der Waals surface area contributed by atoms with Crippen molar-refractivity contribution in [1.82, 2.24) is 15.0 Å². The number of nitrogens with zero attached hydrogens (tertiary/aromatic N) is 3. The Morgan fingerprint density at radius 3 is 2.71 bits per heavy atom. The number of carbonyl (C=O) groups excluding carboxylic acids is 1. The molecule has 2 aromatic carbocycles. The van der Waals surface area contributed by atoms with Crippen molar-refractivity contribution in [3.05, 3.63) is 69.5 Å². The molecule has 0 radical (unpaired) electrons. The molecule has 0 atom stereocenters. The van der Waals surface area contributed by atoms with E-state index < -0.39 is 5.97 Å². The van der Waals surface area contributed by atoms with Crippen LogP contribution in [0.2, 0.25) is 0 Å². The summed E-state index contributed by atoms with van der Waals surface area (Å²) >= 11 is 0. The molecular weight excluding hydrogens is 306 g/mol. The van der Waals surface area contributed by atoms with Crippen molar-refractivity contribution in [2.45, 2.75) is 27.0 Å². The van der Waals surface area contributed by atoms with Crippen LogP contribution in [-0.2, 0) is 22.7 Å². The fraction of sp³-hybridized carbons (Fsp3) is 0.222. The lowest BCUT2D eigenvalue weighted by molar-refractivity contribution is -0.147. The molecule has 0 bridgehead atoms. The van der Waals surface area contributed by atoms with E-state index in [2.05, 4.69) is 10.3 Å². The molecule has 0 fully saturated rings. The molecule has 3 rings (SSSR count). The fourth-order valence-electron chi connectivity index (χ4n) is 2.37. The summed E-state index contributed by atoms with van der Waals surface area (Å²) in [5.41, 5.74) is 3.35. The van der Waals surface area contributed by atoms with Crippen LogP contribution in [0.3, 0.4) is 0 Å². The highest BCUT2D eigenvalue weighted by Crippen LogP contribution is 2.11. The standard InChI is InChI=1S/C18H17N3O3/c1-12-7-8-14(9-13(12)2)10-17(22)24-11-21-18(23)15-5-3-4-6-16(15)19-20-21/h3-9H,10-11H2,1-2H3. The fourth-order valence-corrected chi connectivity index (χ4v) is 2.37. The molecule has 0 unspecified atom stereocenters. The van der Waals surface area contributed by atoms with Gasteiger partial charge >= 0.3 is 5.97 Å². The van der Waals surface area contributed by atoms with Crippen LogP contribution >= 0.6 is 0 Å². The van der Waals surface area contributed by atoms with Gasteiger partial charge < -0.3 is 4.74 Å². The third-order valence-corrected chi connectivity index (χ3v) is 3.90. The van der Waals surface area contributed by atoms with Gasteiger partial charge in [0, 0.05) is 0 Å². The molecule has 0 amide bonds. The predicted octanol–water partition coefficient (Wildman–Crippen LogP) is 2.15. The average molecular weight is 323 g/mol. The van der Waals surface area contributed by atoms with Crippen molar-refractivity contribution in [3.8, 4) is 0 Å². The van der Waals surface area contributed by atoms with Crippen LogP contribution in [0.25, 0.3) is 10.9 Å². The van der Waals surface area contributed by atoms with E-state index in [1.807, 2.05) is 32.0 Å². The van der Waals surface area contributed by atoms with E-state index >= 15 is 0 Å². The normalized spacial score (nSPS) is 10.8. The Balaban J connectivity index is 1.69. The maximum atomic E-state index is 12.3. The zero-order valence-corrected chi connectivity index (χ0v) is 13.5. The summed E-state index contributed by atoms with van der Waals surface area (Å²) in [7, 11) is 0. The van der Waals surface area contributed by atoms with Gasteiger partial charge in [-0.15, -0.1) is 5.10 Å². The van der Waals surface area contributed by atoms with Gasteiger partial charge in [0.1, 0.15) is 5.52 Å². The Morgan fingerprint density at radius 2 is 1.92 bits per heavy atom. The van der Waals surface area contributed by atoms with Gasteiger partial charge in [-0.3, -0.25) is 9.59 Å². The van der Waals surface area contributed by atoms with Crippen LogP contribution in [0.15, 0.2) is 47.3 Å². The van der Waals surface area contributed by atoms with Crippen LogP contribution in [-0.4, -0.2) is 21.0 Å². The van der Waals surface area contributed by atoms with Crippen molar-refractivity contribution < 1.29 is 9.53 Å². The first-order valence-corrected chi connectivity index (χ1v) is 7.59. The highest BCUT2D eigenvalue weighted by molar-refractivity contribution is 5.76. The molecule has 0 aliphatic carbocycles.